The van der Waals surface area contributed by atoms with E-state index in [9.17, 15) is 4.79 Å². The Labute approximate surface area is 159 Å². The van der Waals surface area contributed by atoms with Gasteiger partial charge in [-0.05, 0) is 17.5 Å². The number of H-pyrrole nitrogens is 1. The number of aromatic amines is 1. The van der Waals surface area contributed by atoms with Gasteiger partial charge < -0.3 is 14.2 Å². The van der Waals surface area contributed by atoms with Crippen molar-refractivity contribution in [3.63, 3.8) is 0 Å². The fourth-order valence-corrected chi connectivity index (χ4v) is 3.06. The van der Waals surface area contributed by atoms with E-state index in [1.54, 1.807) is 36.6 Å². The Morgan fingerprint density at radius 3 is 2.52 bits per heavy atom. The second-order valence-corrected chi connectivity index (χ2v) is 6.24. The lowest BCUT2D eigenvalue weighted by Gasteiger charge is -2.12. The predicted molar refractivity (Wildman–Crippen MR) is 103 cm³/mol. The number of methoxy groups -OCH3 is 3. The van der Waals surface area contributed by atoms with Gasteiger partial charge >= 0.3 is 0 Å². The number of nitrogens with one attached hydrogen (secondary N) is 2. The van der Waals surface area contributed by atoms with E-state index in [1.165, 1.54) is 20.4 Å². The highest BCUT2D eigenvalue weighted by Crippen LogP contribution is 2.32. The molecule has 1 aromatic carbocycles. The third-order valence-electron chi connectivity index (χ3n) is 3.71. The highest BCUT2D eigenvalue weighted by molar-refractivity contribution is 7.13. The van der Waals surface area contributed by atoms with Crippen molar-refractivity contribution in [2.75, 3.05) is 21.3 Å². The number of thiophene rings is 1. The van der Waals surface area contributed by atoms with Gasteiger partial charge in [0, 0.05) is 12.1 Å². The summed E-state index contributed by atoms with van der Waals surface area (Å²) < 4.78 is 15.9. The Morgan fingerprint density at radius 2 is 1.93 bits per heavy atom. The van der Waals surface area contributed by atoms with Gasteiger partial charge in [0.15, 0.2) is 5.69 Å². The van der Waals surface area contributed by atoms with E-state index in [0.717, 1.165) is 10.6 Å². The van der Waals surface area contributed by atoms with E-state index in [0.29, 0.717) is 22.8 Å². The fraction of sp³-hybridized carbons (Fsp3) is 0.167. The molecule has 0 atom stereocenters. The molecule has 0 unspecified atom stereocenters. The molecule has 9 heteroatoms. The van der Waals surface area contributed by atoms with E-state index >= 15 is 0 Å². The van der Waals surface area contributed by atoms with Crippen molar-refractivity contribution in [2.24, 2.45) is 5.10 Å². The Bertz CT molecular complexity index is 925. The number of hydrogen-bond donors (Lipinski definition) is 2. The predicted octanol–water partition coefficient (Wildman–Crippen LogP) is 2.93. The van der Waals surface area contributed by atoms with Crippen LogP contribution in [0.2, 0.25) is 0 Å². The molecule has 140 valence electrons. The van der Waals surface area contributed by atoms with Crippen LogP contribution in [0.1, 0.15) is 16.1 Å². The summed E-state index contributed by atoms with van der Waals surface area (Å²) in [5.41, 5.74) is 4.03. The van der Waals surface area contributed by atoms with Crippen molar-refractivity contribution in [1.82, 2.24) is 15.6 Å². The largest absolute Gasteiger partial charge is 0.496 e. The monoisotopic (exact) mass is 386 g/mol. The Morgan fingerprint density at radius 1 is 1.19 bits per heavy atom. The van der Waals surface area contributed by atoms with E-state index in [1.807, 2.05) is 17.5 Å². The minimum Gasteiger partial charge on any atom is -0.496 e. The molecule has 0 spiro atoms. The summed E-state index contributed by atoms with van der Waals surface area (Å²) >= 11 is 1.56. The molecule has 2 N–H and O–H groups in total. The van der Waals surface area contributed by atoms with Gasteiger partial charge in [-0.15, -0.1) is 11.3 Å². The van der Waals surface area contributed by atoms with Crippen molar-refractivity contribution >= 4 is 23.5 Å². The molecule has 8 nitrogen and oxygen atoms in total. The summed E-state index contributed by atoms with van der Waals surface area (Å²) in [7, 11) is 4.61. The lowest BCUT2D eigenvalue weighted by atomic mass is 10.2. The molecule has 3 rings (SSSR count). The standard InChI is InChI=1S/C18H18N4O4S/c1-24-11-7-15(25-2)12(16(8-11)26-3)10-19-22-18(23)14-9-13(20-21-14)17-5-4-6-27-17/h4-10H,1-3H3,(H,20,21)(H,22,23). The highest BCUT2D eigenvalue weighted by Gasteiger charge is 2.13. The quantitative estimate of drug-likeness (QED) is 0.481. The molecule has 0 aliphatic carbocycles. The molecule has 0 bridgehead atoms. The van der Waals surface area contributed by atoms with Crippen molar-refractivity contribution in [3.8, 4) is 27.8 Å². The Balaban J connectivity index is 1.74. The lowest BCUT2D eigenvalue weighted by Crippen LogP contribution is -2.18. The van der Waals surface area contributed by atoms with Gasteiger partial charge in [-0.3, -0.25) is 9.89 Å². The first-order valence-corrected chi connectivity index (χ1v) is 8.77. The number of amides is 1. The smallest absolute Gasteiger partial charge is 0.291 e. The number of hydrazone groups is 1. The fourth-order valence-electron chi connectivity index (χ4n) is 2.37. The van der Waals surface area contributed by atoms with Crippen LogP contribution < -0.4 is 19.6 Å². The van der Waals surface area contributed by atoms with Crippen LogP contribution in [0.25, 0.3) is 10.6 Å². The topological polar surface area (TPSA) is 97.8 Å². The van der Waals surface area contributed by atoms with Crippen LogP contribution >= 0.6 is 11.3 Å². The number of aromatic nitrogens is 2. The number of carbonyl (C=O) groups excluding carboxylic acids is 1. The van der Waals surface area contributed by atoms with Gasteiger partial charge in [-0.25, -0.2) is 5.43 Å². The van der Waals surface area contributed by atoms with Gasteiger partial charge in [-0.1, -0.05) is 6.07 Å². The Hall–Kier alpha value is -3.33. The van der Waals surface area contributed by atoms with E-state index in [2.05, 4.69) is 20.7 Å². The molecule has 0 saturated carbocycles. The maximum absolute atomic E-state index is 12.2. The normalized spacial score (nSPS) is 10.8. The number of ether oxygens (including phenoxy) is 3. The maximum atomic E-state index is 12.2. The average molecular weight is 386 g/mol. The molecule has 1 amide bonds. The summed E-state index contributed by atoms with van der Waals surface area (Å²) in [5.74, 6) is 1.16. The first-order chi connectivity index (χ1) is 13.2. The summed E-state index contributed by atoms with van der Waals surface area (Å²) in [6.07, 6.45) is 1.45. The van der Waals surface area contributed by atoms with Crippen LogP contribution in [0, 0.1) is 0 Å². The van der Waals surface area contributed by atoms with Crippen molar-refractivity contribution < 1.29 is 19.0 Å². The maximum Gasteiger partial charge on any atom is 0.291 e. The summed E-state index contributed by atoms with van der Waals surface area (Å²) in [6, 6.07) is 8.95. The molecule has 0 aliphatic rings. The third kappa shape index (κ3) is 4.09. The van der Waals surface area contributed by atoms with Crippen LogP contribution in [0.5, 0.6) is 17.2 Å². The molecule has 27 heavy (non-hydrogen) atoms. The van der Waals surface area contributed by atoms with Gasteiger partial charge in [0.25, 0.3) is 5.91 Å². The number of rotatable bonds is 7. The second-order valence-electron chi connectivity index (χ2n) is 5.29. The van der Waals surface area contributed by atoms with E-state index < -0.39 is 5.91 Å². The van der Waals surface area contributed by atoms with E-state index in [-0.39, 0.29) is 5.69 Å². The molecule has 3 aromatic rings. The molecule has 0 fully saturated rings. The van der Waals surface area contributed by atoms with Crippen molar-refractivity contribution in [1.29, 1.82) is 0 Å². The number of nitrogens with zero attached hydrogens (tertiary/aromatic N) is 2. The molecular weight excluding hydrogens is 368 g/mol. The van der Waals surface area contributed by atoms with Gasteiger partial charge in [-0.2, -0.15) is 10.2 Å². The SMILES string of the molecule is COc1cc(OC)c(C=NNC(=O)c2cc(-c3cccs3)[nH]n2)c(OC)c1. The van der Waals surface area contributed by atoms with Gasteiger partial charge in [0.05, 0.1) is 43.7 Å². The first kappa shape index (κ1) is 18.5. The summed E-state index contributed by atoms with van der Waals surface area (Å²) in [6.45, 7) is 0. The minimum absolute atomic E-state index is 0.240. The molecule has 0 radical (unpaired) electrons. The first-order valence-electron chi connectivity index (χ1n) is 7.89. The minimum atomic E-state index is -0.434. The van der Waals surface area contributed by atoms with Crippen LogP contribution in [0.4, 0.5) is 0 Å². The third-order valence-corrected chi connectivity index (χ3v) is 4.61. The van der Waals surface area contributed by atoms with Crippen LogP contribution in [0.15, 0.2) is 40.8 Å². The zero-order valence-electron chi connectivity index (χ0n) is 15.0. The zero-order chi connectivity index (χ0) is 19.2. The van der Waals surface area contributed by atoms with Gasteiger partial charge in [0.2, 0.25) is 0 Å². The molecular formula is C18H18N4O4S. The number of benzene rings is 1. The van der Waals surface area contributed by atoms with Crippen molar-refractivity contribution in [2.45, 2.75) is 0 Å². The lowest BCUT2D eigenvalue weighted by molar-refractivity contribution is 0.0950. The van der Waals surface area contributed by atoms with Crippen LogP contribution in [-0.4, -0.2) is 43.6 Å². The van der Waals surface area contributed by atoms with Crippen LogP contribution in [-0.2, 0) is 0 Å². The average Bonchev–Trinajstić information content (AvgIpc) is 3.39. The van der Waals surface area contributed by atoms with Crippen LogP contribution in [0.3, 0.4) is 0 Å². The van der Waals surface area contributed by atoms with Crippen molar-refractivity contribution in [3.05, 3.63) is 47.0 Å². The highest BCUT2D eigenvalue weighted by atomic mass is 32.1. The zero-order valence-corrected chi connectivity index (χ0v) is 15.8. The molecule has 2 heterocycles. The second kappa shape index (κ2) is 8.37. The summed E-state index contributed by atoms with van der Waals surface area (Å²) in [5, 5.41) is 12.8. The molecule has 0 saturated heterocycles. The number of hydrogen-bond acceptors (Lipinski definition) is 7. The summed E-state index contributed by atoms with van der Waals surface area (Å²) in [4.78, 5) is 13.2. The molecule has 0 aliphatic heterocycles. The Kier molecular flexibility index (Phi) is 5.72. The molecule has 2 aromatic heterocycles. The number of carbonyl (C=O) groups is 1. The van der Waals surface area contributed by atoms with Gasteiger partial charge in [0.1, 0.15) is 17.2 Å². The van der Waals surface area contributed by atoms with E-state index in [4.69, 9.17) is 14.2 Å².